The molecule has 3 unspecified atom stereocenters. The van der Waals surface area contributed by atoms with Crippen LogP contribution in [0.1, 0.15) is 54.9 Å². The molecule has 4 atom stereocenters. The maximum Gasteiger partial charge on any atom is 0.254 e. The molecule has 11 heteroatoms. The number of likely N-dealkylation sites (tertiary alicyclic amines) is 1. The molecule has 10 rings (SSSR count). The van der Waals surface area contributed by atoms with Crippen molar-refractivity contribution in [2.75, 3.05) is 26.7 Å². The maximum absolute atomic E-state index is 13.9. The number of imidazole rings is 1. The van der Waals surface area contributed by atoms with Crippen LogP contribution in [0.15, 0.2) is 36.5 Å². The molecule has 0 bridgehead atoms. The van der Waals surface area contributed by atoms with Crippen molar-refractivity contribution in [3.63, 3.8) is 0 Å². The summed E-state index contributed by atoms with van der Waals surface area (Å²) in [4.78, 5) is 26.0. The Morgan fingerprint density at radius 3 is 2.61 bits per heavy atom. The smallest absolute Gasteiger partial charge is 0.254 e. The number of nitrogens with zero attached hydrogens (tertiary/aromatic N) is 6. The third kappa shape index (κ3) is 3.56. The van der Waals surface area contributed by atoms with Gasteiger partial charge in [0.2, 0.25) is 10.0 Å². The highest BCUT2D eigenvalue weighted by atomic mass is 32.2. The molecule has 44 heavy (non-hydrogen) atoms. The molecule has 2 aliphatic heterocycles. The van der Waals surface area contributed by atoms with Crippen LogP contribution in [0.2, 0.25) is 0 Å². The standard InChI is InChI=1S/C33H36N6O4S/c1-43-28-13-21(33(40)38-15-22-9-20-12-26(38)29(20)22)10-25-30(28)39(23-16-36(17-23)44(41,42)24-6-7-24)32(35-25)27-11-19-3-2-8-34-31(19)37(27)14-18-4-5-18/h2-3,8,10-11,13,18,20,22-24,26,29H,4-7,9,12,14-17H2,1H3/t20?,22?,26?,29-/m1/s1. The minimum absolute atomic E-state index is 0.0662. The summed E-state index contributed by atoms with van der Waals surface area (Å²) in [5, 5.41) is 0.822. The molecule has 3 aromatic heterocycles. The summed E-state index contributed by atoms with van der Waals surface area (Å²) in [7, 11) is -1.62. The fourth-order valence-electron chi connectivity index (χ4n) is 8.75. The van der Waals surface area contributed by atoms with Gasteiger partial charge < -0.3 is 18.8 Å². The maximum atomic E-state index is 13.9. The van der Waals surface area contributed by atoms with Gasteiger partial charge in [-0.3, -0.25) is 4.79 Å². The summed E-state index contributed by atoms with van der Waals surface area (Å²) in [5.41, 5.74) is 4.04. The van der Waals surface area contributed by atoms with Gasteiger partial charge in [0.15, 0.2) is 5.82 Å². The van der Waals surface area contributed by atoms with Gasteiger partial charge in [-0.1, -0.05) is 0 Å². The van der Waals surface area contributed by atoms with Crippen LogP contribution in [0.5, 0.6) is 5.75 Å². The average molecular weight is 613 g/mol. The van der Waals surface area contributed by atoms with Gasteiger partial charge in [0.05, 0.1) is 29.6 Å². The number of aromatic nitrogens is 4. The van der Waals surface area contributed by atoms with E-state index in [1.54, 1.807) is 11.4 Å². The van der Waals surface area contributed by atoms with E-state index in [0.29, 0.717) is 53.7 Å². The lowest BCUT2D eigenvalue weighted by Crippen LogP contribution is -2.53. The van der Waals surface area contributed by atoms with E-state index >= 15 is 0 Å². The first-order valence-electron chi connectivity index (χ1n) is 16.2. The van der Waals surface area contributed by atoms with E-state index < -0.39 is 10.0 Å². The van der Waals surface area contributed by atoms with Gasteiger partial charge in [-0.15, -0.1) is 0 Å². The van der Waals surface area contributed by atoms with Crippen LogP contribution >= 0.6 is 0 Å². The van der Waals surface area contributed by atoms with Crippen molar-refractivity contribution in [2.24, 2.45) is 23.7 Å². The first-order chi connectivity index (χ1) is 21.4. The minimum Gasteiger partial charge on any atom is -0.494 e. The Kier molecular flexibility index (Phi) is 5.19. The first-order valence-corrected chi connectivity index (χ1v) is 17.7. The number of hydrogen-bond donors (Lipinski definition) is 0. The molecule has 1 aromatic carbocycles. The van der Waals surface area contributed by atoms with Gasteiger partial charge >= 0.3 is 0 Å². The number of benzene rings is 1. The van der Waals surface area contributed by atoms with Crippen LogP contribution < -0.4 is 4.74 Å². The van der Waals surface area contributed by atoms with Gasteiger partial charge in [-0.25, -0.2) is 18.4 Å². The minimum atomic E-state index is -3.27. The number of ether oxygens (including phenoxy) is 1. The zero-order chi connectivity index (χ0) is 29.5. The Labute approximate surface area is 256 Å². The molecular weight excluding hydrogens is 576 g/mol. The quantitative estimate of drug-likeness (QED) is 0.294. The molecule has 228 valence electrons. The zero-order valence-electron chi connectivity index (χ0n) is 24.8. The molecule has 4 aliphatic carbocycles. The topological polar surface area (TPSA) is 103 Å². The molecule has 5 heterocycles. The summed E-state index contributed by atoms with van der Waals surface area (Å²) in [6, 6.07) is 10.3. The van der Waals surface area contributed by atoms with Gasteiger partial charge in [0.25, 0.3) is 5.91 Å². The number of amides is 1. The van der Waals surface area contributed by atoms with Crippen molar-refractivity contribution in [1.29, 1.82) is 0 Å². The number of carbonyl (C=O) groups is 1. The molecule has 6 aliphatic rings. The van der Waals surface area contributed by atoms with E-state index in [-0.39, 0.29) is 17.2 Å². The molecule has 4 saturated carbocycles. The SMILES string of the molecule is COc1cc(C(=O)N2CC3CC4CC2[C@H]43)cc2nc(-c3cc4cccnc4n3CC3CC3)n(C3CN(S(=O)(=O)C4CC4)C3)c12. The second-order valence-corrected chi connectivity index (χ2v) is 16.4. The first kappa shape index (κ1) is 25.8. The summed E-state index contributed by atoms with van der Waals surface area (Å²) in [6.07, 6.45) is 8.15. The molecule has 2 saturated heterocycles. The monoisotopic (exact) mass is 612 g/mol. The highest BCUT2D eigenvalue weighted by Crippen LogP contribution is 2.61. The van der Waals surface area contributed by atoms with Crippen molar-refractivity contribution < 1.29 is 17.9 Å². The van der Waals surface area contributed by atoms with Crippen LogP contribution in [-0.4, -0.2) is 80.7 Å². The van der Waals surface area contributed by atoms with E-state index in [0.717, 1.165) is 66.3 Å². The highest BCUT2D eigenvalue weighted by Gasteiger charge is 2.61. The third-order valence-electron chi connectivity index (χ3n) is 11.5. The number of rotatable bonds is 8. The van der Waals surface area contributed by atoms with Crippen molar-refractivity contribution in [3.8, 4) is 17.3 Å². The Morgan fingerprint density at radius 2 is 1.89 bits per heavy atom. The van der Waals surface area contributed by atoms with E-state index in [2.05, 4.69) is 26.2 Å². The number of pyridine rings is 1. The number of carbonyl (C=O) groups excluding carboxylic acids is 1. The molecular formula is C33H36N6O4S. The second kappa shape index (κ2) is 8.84. The van der Waals surface area contributed by atoms with Crippen molar-refractivity contribution in [2.45, 2.75) is 62.4 Å². The summed E-state index contributed by atoms with van der Waals surface area (Å²) >= 11 is 0. The Hall–Kier alpha value is -3.44. The molecule has 0 radical (unpaired) electrons. The van der Waals surface area contributed by atoms with Crippen molar-refractivity contribution in [1.82, 2.24) is 28.3 Å². The molecule has 4 aromatic rings. The van der Waals surface area contributed by atoms with E-state index in [1.807, 2.05) is 24.4 Å². The highest BCUT2D eigenvalue weighted by molar-refractivity contribution is 7.90. The summed E-state index contributed by atoms with van der Waals surface area (Å²) in [5.74, 6) is 4.24. The lowest BCUT2D eigenvalue weighted by Gasteiger charge is -2.52. The normalized spacial score (nSPS) is 28.2. The van der Waals surface area contributed by atoms with E-state index in [9.17, 15) is 13.2 Å². The lowest BCUT2D eigenvalue weighted by molar-refractivity contribution is -0.0204. The van der Waals surface area contributed by atoms with Crippen LogP contribution in [0, 0.1) is 23.7 Å². The van der Waals surface area contributed by atoms with Crippen LogP contribution in [0.25, 0.3) is 33.6 Å². The predicted octanol–water partition coefficient (Wildman–Crippen LogP) is 4.30. The molecule has 0 spiro atoms. The number of methoxy groups -OCH3 is 1. The fourth-order valence-corrected chi connectivity index (χ4v) is 10.7. The van der Waals surface area contributed by atoms with Gasteiger partial charge in [0.1, 0.15) is 16.9 Å². The van der Waals surface area contributed by atoms with Crippen molar-refractivity contribution in [3.05, 3.63) is 42.1 Å². The molecule has 0 N–H and O–H groups in total. The van der Waals surface area contributed by atoms with Gasteiger partial charge in [-0.05, 0) is 92.5 Å². The molecule has 10 nitrogen and oxygen atoms in total. The lowest BCUT2D eigenvalue weighted by atomic mass is 9.53. The van der Waals surface area contributed by atoms with E-state index in [4.69, 9.17) is 14.7 Å². The number of fused-ring (bicyclic) bond motifs is 2. The van der Waals surface area contributed by atoms with Crippen molar-refractivity contribution >= 4 is 38.0 Å². The van der Waals surface area contributed by atoms with Gasteiger partial charge in [-0.2, -0.15) is 4.31 Å². The molecule has 1 amide bonds. The third-order valence-corrected chi connectivity index (χ3v) is 13.8. The number of sulfonamides is 1. The Bertz CT molecular complexity index is 1990. The van der Waals surface area contributed by atoms with Gasteiger partial charge in [0, 0.05) is 49.4 Å². The Morgan fingerprint density at radius 1 is 1.05 bits per heavy atom. The largest absolute Gasteiger partial charge is 0.494 e. The average Bonchev–Trinajstić information content (AvgIpc) is 3.90. The summed E-state index contributed by atoms with van der Waals surface area (Å²) in [6.45, 7) is 2.53. The van der Waals surface area contributed by atoms with Crippen LogP contribution in [0.4, 0.5) is 0 Å². The number of hydrogen-bond acceptors (Lipinski definition) is 6. The Balaban J connectivity index is 1.12. The second-order valence-electron chi connectivity index (χ2n) is 14.2. The predicted molar refractivity (Wildman–Crippen MR) is 165 cm³/mol. The summed E-state index contributed by atoms with van der Waals surface area (Å²) < 4.78 is 38.3. The van der Waals surface area contributed by atoms with Crippen LogP contribution in [0.3, 0.4) is 0 Å². The van der Waals surface area contributed by atoms with E-state index in [1.165, 1.54) is 19.3 Å². The molecule has 6 fully saturated rings. The van der Waals surface area contributed by atoms with Crippen LogP contribution in [-0.2, 0) is 16.6 Å². The fraction of sp³-hybridized carbons (Fsp3) is 0.545. The zero-order valence-corrected chi connectivity index (χ0v) is 25.6.